The molecule has 2 rings (SSSR count). The van der Waals surface area contributed by atoms with Gasteiger partial charge in [0.1, 0.15) is 6.04 Å². The average Bonchev–Trinajstić information content (AvgIpc) is 2.93. The summed E-state index contributed by atoms with van der Waals surface area (Å²) in [5, 5.41) is -0.551. The van der Waals surface area contributed by atoms with E-state index in [2.05, 4.69) is 0 Å². The zero-order valence-electron chi connectivity index (χ0n) is 15.6. The van der Waals surface area contributed by atoms with Gasteiger partial charge in [-0.05, 0) is 49.4 Å². The predicted molar refractivity (Wildman–Crippen MR) is 102 cm³/mol. The van der Waals surface area contributed by atoms with Crippen LogP contribution in [0.25, 0.3) is 6.08 Å². The number of nitrogens with two attached hydrogens (primary N) is 1. The molecule has 1 aliphatic rings. The highest BCUT2D eigenvalue weighted by atomic mass is 32.2. The number of esters is 1. The van der Waals surface area contributed by atoms with Gasteiger partial charge in [0.05, 0.1) is 18.6 Å². The SMILES string of the molecule is CCOC(=O)C(C)N1C(=O)SC(=Cc2ccc(OCC(N)=O)c(OC)c2)C1=O. The van der Waals surface area contributed by atoms with Crippen molar-refractivity contribution in [3.63, 3.8) is 0 Å². The van der Waals surface area contributed by atoms with Crippen molar-refractivity contribution in [1.82, 2.24) is 4.90 Å². The quantitative estimate of drug-likeness (QED) is 0.507. The maximum absolute atomic E-state index is 12.6. The molecule has 1 aliphatic heterocycles. The molecule has 150 valence electrons. The van der Waals surface area contributed by atoms with Gasteiger partial charge in [-0.2, -0.15) is 0 Å². The number of nitrogens with zero attached hydrogens (tertiary/aromatic N) is 1. The Morgan fingerprint density at radius 3 is 2.61 bits per heavy atom. The van der Waals surface area contributed by atoms with E-state index in [9.17, 15) is 19.2 Å². The van der Waals surface area contributed by atoms with Gasteiger partial charge in [0.15, 0.2) is 18.1 Å². The highest BCUT2D eigenvalue weighted by Crippen LogP contribution is 2.35. The molecule has 10 heteroatoms. The van der Waals surface area contributed by atoms with Crippen molar-refractivity contribution >= 4 is 40.9 Å². The second-order valence-electron chi connectivity index (χ2n) is 5.65. The number of methoxy groups -OCH3 is 1. The first-order valence-corrected chi connectivity index (χ1v) is 9.13. The van der Waals surface area contributed by atoms with Crippen molar-refractivity contribution in [2.75, 3.05) is 20.3 Å². The van der Waals surface area contributed by atoms with Crippen LogP contribution in [0.15, 0.2) is 23.1 Å². The smallest absolute Gasteiger partial charge is 0.329 e. The Bertz CT molecular complexity index is 837. The Kier molecular flexibility index (Phi) is 7.05. The normalized spacial score (nSPS) is 16.2. The van der Waals surface area contributed by atoms with Gasteiger partial charge in [-0.15, -0.1) is 0 Å². The Morgan fingerprint density at radius 2 is 2.00 bits per heavy atom. The number of ether oxygens (including phenoxy) is 3. The summed E-state index contributed by atoms with van der Waals surface area (Å²) in [7, 11) is 1.42. The fourth-order valence-corrected chi connectivity index (χ4v) is 3.28. The molecule has 0 saturated carbocycles. The van der Waals surface area contributed by atoms with Crippen LogP contribution in [0.2, 0.25) is 0 Å². The highest BCUT2D eigenvalue weighted by Gasteiger charge is 2.41. The van der Waals surface area contributed by atoms with Gasteiger partial charge in [-0.25, -0.2) is 4.79 Å². The minimum absolute atomic E-state index is 0.152. The van der Waals surface area contributed by atoms with Crippen LogP contribution in [0.1, 0.15) is 19.4 Å². The molecule has 2 N–H and O–H groups in total. The van der Waals surface area contributed by atoms with Crippen LogP contribution in [-0.4, -0.2) is 54.3 Å². The summed E-state index contributed by atoms with van der Waals surface area (Å²) in [6, 6.07) is 3.75. The zero-order chi connectivity index (χ0) is 20.8. The summed E-state index contributed by atoms with van der Waals surface area (Å²) in [6.07, 6.45) is 1.50. The van der Waals surface area contributed by atoms with Gasteiger partial charge in [0.2, 0.25) is 0 Å². The minimum Gasteiger partial charge on any atom is -0.493 e. The standard InChI is InChI=1S/C18H20N2O7S/c1-4-26-17(23)10(2)20-16(22)14(28-18(20)24)8-11-5-6-12(13(7-11)25-3)27-9-15(19)21/h5-8,10H,4,9H2,1-3H3,(H2,19,21). The van der Waals surface area contributed by atoms with E-state index in [-0.39, 0.29) is 18.1 Å². The summed E-state index contributed by atoms with van der Waals surface area (Å²) in [4.78, 5) is 48.5. The molecule has 1 unspecified atom stereocenters. The van der Waals surface area contributed by atoms with E-state index < -0.39 is 29.1 Å². The van der Waals surface area contributed by atoms with E-state index in [1.165, 1.54) is 20.1 Å². The van der Waals surface area contributed by atoms with Crippen LogP contribution >= 0.6 is 11.8 Å². The van der Waals surface area contributed by atoms with E-state index in [4.69, 9.17) is 19.9 Å². The van der Waals surface area contributed by atoms with Crippen molar-refractivity contribution < 1.29 is 33.4 Å². The van der Waals surface area contributed by atoms with Crippen molar-refractivity contribution in [3.05, 3.63) is 28.7 Å². The van der Waals surface area contributed by atoms with Crippen LogP contribution in [0.3, 0.4) is 0 Å². The lowest BCUT2D eigenvalue weighted by Crippen LogP contribution is -2.42. The molecule has 0 aliphatic carbocycles. The van der Waals surface area contributed by atoms with Crippen LogP contribution < -0.4 is 15.2 Å². The second-order valence-corrected chi connectivity index (χ2v) is 6.64. The molecule has 3 amide bonds. The largest absolute Gasteiger partial charge is 0.493 e. The van der Waals surface area contributed by atoms with Crippen molar-refractivity contribution in [2.24, 2.45) is 5.73 Å². The number of amides is 3. The zero-order valence-corrected chi connectivity index (χ0v) is 16.4. The molecule has 9 nitrogen and oxygen atoms in total. The number of hydrogen-bond acceptors (Lipinski definition) is 8. The molecular formula is C18H20N2O7S. The number of carbonyl (C=O) groups is 4. The molecular weight excluding hydrogens is 388 g/mol. The Balaban J connectivity index is 2.23. The first-order valence-electron chi connectivity index (χ1n) is 8.31. The fourth-order valence-electron chi connectivity index (χ4n) is 2.38. The number of primary amides is 1. The molecule has 1 heterocycles. The Morgan fingerprint density at radius 1 is 1.29 bits per heavy atom. The van der Waals surface area contributed by atoms with E-state index in [1.54, 1.807) is 25.1 Å². The number of thioether (sulfide) groups is 1. The van der Waals surface area contributed by atoms with Gasteiger partial charge >= 0.3 is 5.97 Å². The van der Waals surface area contributed by atoms with Crippen molar-refractivity contribution in [3.8, 4) is 11.5 Å². The van der Waals surface area contributed by atoms with Crippen LogP contribution in [-0.2, 0) is 19.1 Å². The summed E-state index contributed by atoms with van der Waals surface area (Å²) >= 11 is 0.730. The monoisotopic (exact) mass is 408 g/mol. The minimum atomic E-state index is -1.02. The topological polar surface area (TPSA) is 125 Å². The van der Waals surface area contributed by atoms with Gasteiger partial charge in [-0.3, -0.25) is 19.3 Å². The van der Waals surface area contributed by atoms with Crippen LogP contribution in [0.5, 0.6) is 11.5 Å². The average molecular weight is 408 g/mol. The molecule has 0 radical (unpaired) electrons. The lowest BCUT2D eigenvalue weighted by atomic mass is 10.1. The van der Waals surface area contributed by atoms with E-state index in [0.29, 0.717) is 17.1 Å². The van der Waals surface area contributed by atoms with Gasteiger partial charge < -0.3 is 19.9 Å². The summed E-state index contributed by atoms with van der Waals surface area (Å²) in [6.45, 7) is 2.92. The third kappa shape index (κ3) is 4.83. The first kappa shape index (κ1) is 21.3. The molecule has 1 atom stereocenters. The summed E-state index contributed by atoms with van der Waals surface area (Å²) < 4.78 is 15.3. The summed E-state index contributed by atoms with van der Waals surface area (Å²) in [5.41, 5.74) is 5.62. The van der Waals surface area contributed by atoms with Crippen LogP contribution in [0, 0.1) is 0 Å². The Hall–Kier alpha value is -3.01. The second kappa shape index (κ2) is 9.27. The van der Waals surface area contributed by atoms with Crippen molar-refractivity contribution in [1.29, 1.82) is 0 Å². The van der Waals surface area contributed by atoms with Gasteiger partial charge in [0, 0.05) is 0 Å². The number of hydrogen-bond donors (Lipinski definition) is 1. The predicted octanol–water partition coefficient (Wildman–Crippen LogP) is 1.55. The third-order valence-electron chi connectivity index (χ3n) is 3.69. The van der Waals surface area contributed by atoms with Crippen molar-refractivity contribution in [2.45, 2.75) is 19.9 Å². The van der Waals surface area contributed by atoms with E-state index >= 15 is 0 Å². The Labute approximate surface area is 165 Å². The van der Waals surface area contributed by atoms with Crippen LogP contribution in [0.4, 0.5) is 4.79 Å². The lowest BCUT2D eigenvalue weighted by molar-refractivity contribution is -0.150. The molecule has 1 aromatic carbocycles. The maximum Gasteiger partial charge on any atom is 0.329 e. The maximum atomic E-state index is 12.6. The number of rotatable bonds is 8. The molecule has 0 spiro atoms. The lowest BCUT2D eigenvalue weighted by Gasteiger charge is -2.19. The molecule has 0 bridgehead atoms. The number of benzene rings is 1. The number of imide groups is 1. The number of carbonyl (C=O) groups excluding carboxylic acids is 4. The van der Waals surface area contributed by atoms with Gasteiger partial charge in [-0.1, -0.05) is 6.07 Å². The first-order chi connectivity index (χ1) is 13.3. The van der Waals surface area contributed by atoms with E-state index in [1.807, 2.05) is 0 Å². The molecule has 1 saturated heterocycles. The highest BCUT2D eigenvalue weighted by molar-refractivity contribution is 8.18. The third-order valence-corrected chi connectivity index (χ3v) is 4.58. The summed E-state index contributed by atoms with van der Waals surface area (Å²) in [5.74, 6) is -1.22. The van der Waals surface area contributed by atoms with Gasteiger partial charge in [0.25, 0.3) is 17.1 Å². The molecule has 1 fully saturated rings. The van der Waals surface area contributed by atoms with E-state index in [0.717, 1.165) is 16.7 Å². The molecule has 28 heavy (non-hydrogen) atoms. The molecule has 0 aromatic heterocycles. The fraction of sp³-hybridized carbons (Fsp3) is 0.333. The molecule has 1 aromatic rings.